The molecule has 0 atom stereocenters. The summed E-state index contributed by atoms with van der Waals surface area (Å²) in [7, 11) is 0. The first-order valence-electron chi connectivity index (χ1n) is 5.17. The van der Waals surface area contributed by atoms with Crippen molar-refractivity contribution in [3.05, 3.63) is 29.6 Å². The summed E-state index contributed by atoms with van der Waals surface area (Å²) in [5.41, 5.74) is 1.76. The molecule has 92 valence electrons. The van der Waals surface area contributed by atoms with Gasteiger partial charge in [0, 0.05) is 18.5 Å². The second-order valence-electron chi connectivity index (χ2n) is 3.44. The lowest BCUT2D eigenvalue weighted by atomic mass is 10.2. The minimum atomic E-state index is -0.537. The Hall–Kier alpha value is -1.62. The smallest absolute Gasteiger partial charge is 0.321 e. The van der Waals surface area contributed by atoms with Crippen molar-refractivity contribution in [2.75, 3.05) is 5.88 Å². The number of nitrogens with zero attached hydrogens (tertiary/aromatic N) is 1. The van der Waals surface area contributed by atoms with E-state index in [9.17, 15) is 9.59 Å². The predicted octanol–water partition coefficient (Wildman–Crippen LogP) is 1.34. The lowest BCUT2D eigenvalue weighted by molar-refractivity contribution is -0.119. The predicted molar refractivity (Wildman–Crippen MR) is 64.7 cm³/mol. The van der Waals surface area contributed by atoms with E-state index in [1.807, 2.05) is 19.1 Å². The third-order valence-electron chi connectivity index (χ3n) is 2.11. The van der Waals surface area contributed by atoms with Crippen molar-refractivity contribution in [3.8, 4) is 0 Å². The standard InChI is InChI=1S/C11H14ClN3O2/c1-8-3-2-6-13-9(8)7-14-11(17)15-10(16)4-5-12/h2-3,6H,4-5,7H2,1H3,(H2,14,15,16,17). The summed E-state index contributed by atoms with van der Waals surface area (Å²) in [6, 6.07) is 3.19. The van der Waals surface area contributed by atoms with E-state index < -0.39 is 11.9 Å². The number of urea groups is 1. The van der Waals surface area contributed by atoms with Gasteiger partial charge >= 0.3 is 6.03 Å². The van der Waals surface area contributed by atoms with E-state index in [-0.39, 0.29) is 18.8 Å². The Morgan fingerprint density at radius 3 is 2.88 bits per heavy atom. The Kier molecular flexibility index (Phi) is 5.42. The molecule has 6 heteroatoms. The summed E-state index contributed by atoms with van der Waals surface area (Å²) in [5, 5.41) is 4.72. The van der Waals surface area contributed by atoms with E-state index in [1.165, 1.54) is 0 Å². The minimum Gasteiger partial charge on any atom is -0.332 e. The van der Waals surface area contributed by atoms with Crippen molar-refractivity contribution in [2.24, 2.45) is 0 Å². The maximum absolute atomic E-state index is 11.3. The van der Waals surface area contributed by atoms with Crippen LogP contribution < -0.4 is 10.6 Å². The molecule has 0 bridgehead atoms. The van der Waals surface area contributed by atoms with E-state index in [2.05, 4.69) is 15.6 Å². The van der Waals surface area contributed by atoms with Gasteiger partial charge in [0.15, 0.2) is 0 Å². The molecule has 0 spiro atoms. The molecule has 1 aromatic heterocycles. The molecule has 3 amide bonds. The summed E-state index contributed by atoms with van der Waals surface area (Å²) in [6.45, 7) is 2.19. The van der Waals surface area contributed by atoms with Crippen LogP contribution in [0.1, 0.15) is 17.7 Å². The van der Waals surface area contributed by atoms with Gasteiger partial charge < -0.3 is 5.32 Å². The van der Waals surface area contributed by atoms with Gasteiger partial charge in [-0.3, -0.25) is 15.1 Å². The highest BCUT2D eigenvalue weighted by molar-refractivity contribution is 6.19. The van der Waals surface area contributed by atoms with Gasteiger partial charge in [0.2, 0.25) is 5.91 Å². The minimum absolute atomic E-state index is 0.123. The lowest BCUT2D eigenvalue weighted by Crippen LogP contribution is -2.39. The van der Waals surface area contributed by atoms with E-state index in [0.29, 0.717) is 0 Å². The summed E-state index contributed by atoms with van der Waals surface area (Å²) in [4.78, 5) is 26.5. The highest BCUT2D eigenvalue weighted by Gasteiger charge is 2.07. The van der Waals surface area contributed by atoms with Crippen molar-refractivity contribution >= 4 is 23.5 Å². The van der Waals surface area contributed by atoms with Gasteiger partial charge in [0.05, 0.1) is 12.2 Å². The maximum Gasteiger partial charge on any atom is 0.321 e. The van der Waals surface area contributed by atoms with Crippen LogP contribution >= 0.6 is 11.6 Å². The normalized spacial score (nSPS) is 9.76. The molecule has 0 aliphatic rings. The summed E-state index contributed by atoms with van der Waals surface area (Å²) < 4.78 is 0. The van der Waals surface area contributed by atoms with E-state index in [4.69, 9.17) is 11.6 Å². The number of hydrogen-bond acceptors (Lipinski definition) is 3. The molecular formula is C11H14ClN3O2. The van der Waals surface area contributed by atoms with Crippen LogP contribution in [0.25, 0.3) is 0 Å². The fraction of sp³-hybridized carbons (Fsp3) is 0.364. The van der Waals surface area contributed by atoms with Gasteiger partial charge in [0.25, 0.3) is 0 Å². The van der Waals surface area contributed by atoms with Crippen LogP contribution in [0.5, 0.6) is 0 Å². The highest BCUT2D eigenvalue weighted by atomic mass is 35.5. The van der Waals surface area contributed by atoms with Crippen molar-refractivity contribution in [2.45, 2.75) is 19.9 Å². The average molecular weight is 256 g/mol. The molecule has 0 aromatic carbocycles. The van der Waals surface area contributed by atoms with Gasteiger partial charge in [-0.15, -0.1) is 11.6 Å². The zero-order valence-corrected chi connectivity index (χ0v) is 10.3. The largest absolute Gasteiger partial charge is 0.332 e. The number of aryl methyl sites for hydroxylation is 1. The van der Waals surface area contributed by atoms with Crippen LogP contribution in [0.4, 0.5) is 4.79 Å². The molecule has 1 aromatic rings. The molecule has 0 radical (unpaired) electrons. The molecule has 17 heavy (non-hydrogen) atoms. The number of rotatable bonds is 4. The Balaban J connectivity index is 2.38. The number of imide groups is 1. The van der Waals surface area contributed by atoms with Crippen LogP contribution in [0.3, 0.4) is 0 Å². The van der Waals surface area contributed by atoms with Crippen molar-refractivity contribution in [3.63, 3.8) is 0 Å². The first kappa shape index (κ1) is 13.4. The third-order valence-corrected chi connectivity index (χ3v) is 2.30. The molecule has 5 nitrogen and oxygen atoms in total. The number of amides is 3. The maximum atomic E-state index is 11.3. The zero-order chi connectivity index (χ0) is 12.7. The molecule has 0 unspecified atom stereocenters. The van der Waals surface area contributed by atoms with Crippen LogP contribution in [-0.2, 0) is 11.3 Å². The molecule has 0 aliphatic carbocycles. The summed E-state index contributed by atoms with van der Waals surface area (Å²) in [6.07, 6.45) is 1.78. The lowest BCUT2D eigenvalue weighted by Gasteiger charge is -2.07. The summed E-state index contributed by atoms with van der Waals surface area (Å²) in [5.74, 6) is -0.200. The van der Waals surface area contributed by atoms with Crippen LogP contribution in [0, 0.1) is 6.92 Å². The van der Waals surface area contributed by atoms with E-state index in [1.54, 1.807) is 6.20 Å². The molecule has 1 rings (SSSR count). The van der Waals surface area contributed by atoms with Crippen molar-refractivity contribution in [1.29, 1.82) is 0 Å². The Bertz CT molecular complexity index is 409. The van der Waals surface area contributed by atoms with Gasteiger partial charge in [-0.25, -0.2) is 4.79 Å². The van der Waals surface area contributed by atoms with E-state index >= 15 is 0 Å². The molecule has 0 fully saturated rings. The molecular weight excluding hydrogens is 242 g/mol. The first-order chi connectivity index (χ1) is 8.13. The quantitative estimate of drug-likeness (QED) is 0.798. The molecule has 0 saturated carbocycles. The second kappa shape index (κ2) is 6.85. The van der Waals surface area contributed by atoms with Crippen LogP contribution in [0.2, 0.25) is 0 Å². The number of aromatic nitrogens is 1. The van der Waals surface area contributed by atoms with Gasteiger partial charge in [-0.05, 0) is 18.6 Å². The zero-order valence-electron chi connectivity index (χ0n) is 9.50. The van der Waals surface area contributed by atoms with Gasteiger partial charge in [-0.1, -0.05) is 6.07 Å². The topological polar surface area (TPSA) is 71.1 Å². The van der Waals surface area contributed by atoms with Crippen LogP contribution in [-0.4, -0.2) is 22.8 Å². The highest BCUT2D eigenvalue weighted by Crippen LogP contribution is 2.01. The van der Waals surface area contributed by atoms with Crippen LogP contribution in [0.15, 0.2) is 18.3 Å². The van der Waals surface area contributed by atoms with E-state index in [0.717, 1.165) is 11.3 Å². The second-order valence-corrected chi connectivity index (χ2v) is 3.81. The van der Waals surface area contributed by atoms with Gasteiger partial charge in [0.1, 0.15) is 0 Å². The number of hydrogen-bond donors (Lipinski definition) is 2. The number of halogens is 1. The van der Waals surface area contributed by atoms with Gasteiger partial charge in [-0.2, -0.15) is 0 Å². The molecule has 0 aliphatic heterocycles. The number of carbonyl (C=O) groups excluding carboxylic acids is 2. The van der Waals surface area contributed by atoms with Crippen molar-refractivity contribution in [1.82, 2.24) is 15.6 Å². The van der Waals surface area contributed by atoms with Crippen molar-refractivity contribution < 1.29 is 9.59 Å². The Labute approximate surface area is 105 Å². The fourth-order valence-corrected chi connectivity index (χ4v) is 1.36. The Morgan fingerprint density at radius 1 is 1.47 bits per heavy atom. The number of carbonyl (C=O) groups is 2. The third kappa shape index (κ3) is 4.82. The number of nitrogens with one attached hydrogen (secondary N) is 2. The fourth-order valence-electron chi connectivity index (χ4n) is 1.19. The first-order valence-corrected chi connectivity index (χ1v) is 5.71. The monoisotopic (exact) mass is 255 g/mol. The average Bonchev–Trinajstić information content (AvgIpc) is 2.28. The molecule has 2 N–H and O–H groups in total. The Morgan fingerprint density at radius 2 is 2.24 bits per heavy atom. The SMILES string of the molecule is Cc1cccnc1CNC(=O)NC(=O)CCCl. The summed E-state index contributed by atoms with van der Waals surface area (Å²) >= 11 is 5.37. The molecule has 1 heterocycles. The number of pyridine rings is 1. The number of alkyl halides is 1. The molecule has 0 saturated heterocycles.